The Kier molecular flexibility index (Phi) is 4.96. The summed E-state index contributed by atoms with van der Waals surface area (Å²) in [5.41, 5.74) is 4.47. The molecule has 3 aromatic heterocycles. The SMILES string of the molecule is CCn1ncc2c(C(=O)Nc3nc(-c4ccc5c(c4)OCO5)cs3)cc(-c3ccccc3)nc21. The van der Waals surface area contributed by atoms with E-state index in [1.165, 1.54) is 11.3 Å². The van der Waals surface area contributed by atoms with E-state index in [2.05, 4.69) is 15.4 Å². The van der Waals surface area contributed by atoms with Gasteiger partial charge in [0.15, 0.2) is 22.3 Å². The summed E-state index contributed by atoms with van der Waals surface area (Å²) in [4.78, 5) is 22.8. The number of ether oxygens (including phenoxy) is 2. The monoisotopic (exact) mass is 469 g/mol. The van der Waals surface area contributed by atoms with Gasteiger partial charge in [0.25, 0.3) is 5.91 Å². The average Bonchev–Trinajstić information content (AvgIpc) is 3.62. The topological polar surface area (TPSA) is 91.2 Å². The molecule has 34 heavy (non-hydrogen) atoms. The molecule has 1 aliphatic rings. The number of pyridine rings is 1. The molecule has 168 valence electrons. The van der Waals surface area contributed by atoms with E-state index < -0.39 is 0 Å². The maximum absolute atomic E-state index is 13.4. The van der Waals surface area contributed by atoms with E-state index in [-0.39, 0.29) is 12.7 Å². The first-order chi connectivity index (χ1) is 16.7. The lowest BCUT2D eigenvalue weighted by Gasteiger charge is -2.08. The van der Waals surface area contributed by atoms with Gasteiger partial charge in [0.1, 0.15) is 0 Å². The fraction of sp³-hybridized carbons (Fsp3) is 0.120. The number of hydrogen-bond acceptors (Lipinski definition) is 7. The van der Waals surface area contributed by atoms with Crippen molar-refractivity contribution in [2.75, 3.05) is 12.1 Å². The Morgan fingerprint density at radius 3 is 2.74 bits per heavy atom. The number of thiazole rings is 1. The molecule has 0 saturated carbocycles. The van der Waals surface area contributed by atoms with Crippen LogP contribution in [0.3, 0.4) is 0 Å². The Balaban J connectivity index is 1.33. The smallest absolute Gasteiger partial charge is 0.258 e. The molecule has 5 aromatic rings. The summed E-state index contributed by atoms with van der Waals surface area (Å²) in [6, 6.07) is 17.3. The van der Waals surface area contributed by atoms with Gasteiger partial charge in [-0.25, -0.2) is 14.6 Å². The Bertz CT molecular complexity index is 1530. The molecule has 0 fully saturated rings. The molecular formula is C25H19N5O3S. The number of carbonyl (C=O) groups is 1. The van der Waals surface area contributed by atoms with Crippen LogP contribution in [0, 0.1) is 0 Å². The molecule has 0 unspecified atom stereocenters. The van der Waals surface area contributed by atoms with Gasteiger partial charge >= 0.3 is 0 Å². The third-order valence-corrected chi connectivity index (χ3v) is 6.37. The van der Waals surface area contributed by atoms with E-state index in [0.29, 0.717) is 39.7 Å². The molecule has 6 rings (SSSR count). The van der Waals surface area contributed by atoms with Gasteiger partial charge in [-0.15, -0.1) is 11.3 Å². The van der Waals surface area contributed by atoms with Crippen molar-refractivity contribution in [1.29, 1.82) is 0 Å². The molecule has 9 heteroatoms. The summed E-state index contributed by atoms with van der Waals surface area (Å²) < 4.78 is 12.6. The third-order valence-electron chi connectivity index (χ3n) is 5.62. The lowest BCUT2D eigenvalue weighted by Crippen LogP contribution is -2.13. The van der Waals surface area contributed by atoms with E-state index in [0.717, 1.165) is 22.6 Å². The van der Waals surface area contributed by atoms with Crippen LogP contribution in [0.25, 0.3) is 33.5 Å². The van der Waals surface area contributed by atoms with E-state index in [9.17, 15) is 4.79 Å². The standard InChI is InChI=1S/C25H19N5O3S/c1-2-30-23-18(12-26-30)17(11-19(27-23)15-6-4-3-5-7-15)24(31)29-25-28-20(13-34-25)16-8-9-21-22(10-16)33-14-32-21/h3-13H,2,14H2,1H3,(H,28,29,31). The summed E-state index contributed by atoms with van der Waals surface area (Å²) in [5.74, 6) is 1.15. The Hall–Kier alpha value is -4.24. The number of anilines is 1. The molecule has 0 aliphatic carbocycles. The van der Waals surface area contributed by atoms with Gasteiger partial charge in [0.2, 0.25) is 6.79 Å². The van der Waals surface area contributed by atoms with Gasteiger partial charge in [-0.3, -0.25) is 10.1 Å². The molecule has 4 heterocycles. The third kappa shape index (κ3) is 3.56. The predicted molar refractivity (Wildman–Crippen MR) is 130 cm³/mol. The Labute approximate surface area is 198 Å². The van der Waals surface area contributed by atoms with Gasteiger partial charge in [0, 0.05) is 23.1 Å². The van der Waals surface area contributed by atoms with Crippen LogP contribution in [-0.2, 0) is 6.54 Å². The number of rotatable bonds is 5. The van der Waals surface area contributed by atoms with Crippen LogP contribution >= 0.6 is 11.3 Å². The molecule has 1 aliphatic heterocycles. The summed E-state index contributed by atoms with van der Waals surface area (Å²) in [6.07, 6.45) is 1.69. The number of carbonyl (C=O) groups excluding carboxylic acids is 1. The maximum Gasteiger partial charge on any atom is 0.258 e. The van der Waals surface area contributed by atoms with Gasteiger partial charge in [-0.05, 0) is 31.2 Å². The van der Waals surface area contributed by atoms with E-state index in [1.807, 2.05) is 60.8 Å². The molecule has 0 radical (unpaired) electrons. The average molecular weight is 470 g/mol. The molecule has 0 saturated heterocycles. The number of fused-ring (bicyclic) bond motifs is 2. The van der Waals surface area contributed by atoms with Crippen molar-refractivity contribution < 1.29 is 14.3 Å². The van der Waals surface area contributed by atoms with Gasteiger partial charge in [0.05, 0.1) is 28.5 Å². The zero-order chi connectivity index (χ0) is 23.1. The molecule has 1 amide bonds. The van der Waals surface area contributed by atoms with Crippen LogP contribution in [0.4, 0.5) is 5.13 Å². The van der Waals surface area contributed by atoms with Crippen molar-refractivity contribution in [2.24, 2.45) is 0 Å². The molecule has 2 aromatic carbocycles. The summed E-state index contributed by atoms with van der Waals surface area (Å²) in [7, 11) is 0. The van der Waals surface area contributed by atoms with Crippen LogP contribution < -0.4 is 14.8 Å². The summed E-state index contributed by atoms with van der Waals surface area (Å²) >= 11 is 1.36. The minimum Gasteiger partial charge on any atom is -0.454 e. The minimum atomic E-state index is -0.258. The Morgan fingerprint density at radius 2 is 1.88 bits per heavy atom. The van der Waals surface area contributed by atoms with E-state index in [4.69, 9.17) is 14.5 Å². The fourth-order valence-corrected chi connectivity index (χ4v) is 4.62. The fourth-order valence-electron chi connectivity index (χ4n) is 3.91. The highest BCUT2D eigenvalue weighted by Crippen LogP contribution is 2.36. The summed E-state index contributed by atoms with van der Waals surface area (Å²) in [6.45, 7) is 2.87. The zero-order valence-corrected chi connectivity index (χ0v) is 19.0. The number of aromatic nitrogens is 4. The first-order valence-corrected chi connectivity index (χ1v) is 11.7. The van der Waals surface area contributed by atoms with Gasteiger partial charge < -0.3 is 9.47 Å². The van der Waals surface area contributed by atoms with Crippen molar-refractivity contribution in [1.82, 2.24) is 19.7 Å². The first-order valence-electron chi connectivity index (χ1n) is 10.8. The quantitative estimate of drug-likeness (QED) is 0.379. The van der Waals surface area contributed by atoms with Crippen molar-refractivity contribution in [3.8, 4) is 34.0 Å². The number of hydrogen-bond donors (Lipinski definition) is 1. The van der Waals surface area contributed by atoms with Crippen LogP contribution in [0.5, 0.6) is 11.5 Å². The number of nitrogens with zero attached hydrogens (tertiary/aromatic N) is 4. The molecule has 0 bridgehead atoms. The number of benzene rings is 2. The predicted octanol–water partition coefficient (Wildman–Crippen LogP) is 5.22. The Morgan fingerprint density at radius 1 is 1.03 bits per heavy atom. The van der Waals surface area contributed by atoms with Crippen molar-refractivity contribution >= 4 is 33.4 Å². The lowest BCUT2D eigenvalue weighted by molar-refractivity contribution is 0.102. The summed E-state index contributed by atoms with van der Waals surface area (Å²) in [5, 5.41) is 10.5. The molecule has 1 N–H and O–H groups in total. The van der Waals surface area contributed by atoms with Crippen LogP contribution in [0.15, 0.2) is 66.2 Å². The van der Waals surface area contributed by atoms with Gasteiger partial charge in [-0.1, -0.05) is 30.3 Å². The minimum absolute atomic E-state index is 0.219. The van der Waals surface area contributed by atoms with Crippen LogP contribution in [0.1, 0.15) is 17.3 Å². The largest absolute Gasteiger partial charge is 0.454 e. The highest BCUT2D eigenvalue weighted by Gasteiger charge is 2.19. The van der Waals surface area contributed by atoms with E-state index >= 15 is 0 Å². The second kappa shape index (κ2) is 8.27. The zero-order valence-electron chi connectivity index (χ0n) is 18.2. The lowest BCUT2D eigenvalue weighted by atomic mass is 10.1. The normalized spacial score (nSPS) is 12.3. The number of amides is 1. The highest BCUT2D eigenvalue weighted by molar-refractivity contribution is 7.14. The molecule has 0 atom stereocenters. The van der Waals surface area contributed by atoms with Crippen LogP contribution in [0.2, 0.25) is 0 Å². The van der Waals surface area contributed by atoms with Crippen molar-refractivity contribution in [3.63, 3.8) is 0 Å². The molecule has 8 nitrogen and oxygen atoms in total. The second-order valence-electron chi connectivity index (χ2n) is 7.68. The highest BCUT2D eigenvalue weighted by atomic mass is 32.1. The van der Waals surface area contributed by atoms with Crippen molar-refractivity contribution in [3.05, 3.63) is 71.7 Å². The van der Waals surface area contributed by atoms with Crippen LogP contribution in [-0.4, -0.2) is 32.4 Å². The second-order valence-corrected chi connectivity index (χ2v) is 8.54. The number of aryl methyl sites for hydroxylation is 1. The molecular weight excluding hydrogens is 450 g/mol. The van der Waals surface area contributed by atoms with Crippen molar-refractivity contribution in [2.45, 2.75) is 13.5 Å². The van der Waals surface area contributed by atoms with Gasteiger partial charge in [-0.2, -0.15) is 5.10 Å². The molecule has 0 spiro atoms. The first kappa shape index (κ1) is 20.4. The van der Waals surface area contributed by atoms with E-state index in [1.54, 1.807) is 16.9 Å². The number of nitrogens with one attached hydrogen (secondary N) is 1. The maximum atomic E-state index is 13.4.